The van der Waals surface area contributed by atoms with Crippen molar-refractivity contribution in [2.45, 2.75) is 12.6 Å². The van der Waals surface area contributed by atoms with Gasteiger partial charge in [-0.2, -0.15) is 13.2 Å². The Morgan fingerprint density at radius 3 is 2.67 bits per heavy atom. The lowest BCUT2D eigenvalue weighted by molar-refractivity contribution is -0.195. The normalized spacial score (nSPS) is 17.4. The zero-order chi connectivity index (χ0) is 9.19. The second-order valence-corrected chi connectivity index (χ2v) is 3.07. The number of hydrogen-bond donors (Lipinski definition) is 0. The fraction of sp³-hybridized carbons (Fsp3) is 0.500. The van der Waals surface area contributed by atoms with Crippen LogP contribution < -0.4 is 0 Å². The van der Waals surface area contributed by atoms with Crippen molar-refractivity contribution >= 4 is 17.7 Å². The maximum Gasteiger partial charge on any atom is 0.491 e. The largest absolute Gasteiger partial charge is 0.491 e. The van der Waals surface area contributed by atoms with Crippen LogP contribution in [-0.2, 0) is 9.53 Å². The summed E-state index contributed by atoms with van der Waals surface area (Å²) in [7, 11) is 0. The predicted octanol–water partition coefficient (Wildman–Crippen LogP) is 2.07. The fourth-order valence-corrected chi connectivity index (χ4v) is 1.41. The number of esters is 1. The van der Waals surface area contributed by atoms with Crippen molar-refractivity contribution < 1.29 is 22.7 Å². The molecule has 0 aromatic carbocycles. The second-order valence-electron chi connectivity index (χ2n) is 2.09. The summed E-state index contributed by atoms with van der Waals surface area (Å²) in [5.41, 5.74) is 0. The number of ether oxygens (including phenoxy) is 1. The van der Waals surface area contributed by atoms with Crippen molar-refractivity contribution in [3.63, 3.8) is 0 Å². The highest BCUT2D eigenvalue weighted by Gasteiger charge is 2.41. The molecule has 1 rings (SSSR count). The number of carbonyl (C=O) groups excluding carboxylic acids is 1. The Bertz CT molecular complexity index is 221. The van der Waals surface area contributed by atoms with Crippen LogP contribution in [0.15, 0.2) is 11.2 Å². The number of rotatable bonds is 1. The Morgan fingerprint density at radius 2 is 2.25 bits per heavy atom. The van der Waals surface area contributed by atoms with E-state index in [1.165, 1.54) is 17.2 Å². The Labute approximate surface area is 70.8 Å². The Hall–Kier alpha value is -0.650. The van der Waals surface area contributed by atoms with Gasteiger partial charge in [-0.15, -0.1) is 11.8 Å². The van der Waals surface area contributed by atoms with E-state index in [1.54, 1.807) is 0 Å². The third kappa shape index (κ3) is 2.44. The zero-order valence-electron chi connectivity index (χ0n) is 5.85. The van der Waals surface area contributed by atoms with Gasteiger partial charge in [-0.3, -0.25) is 0 Å². The lowest BCUT2D eigenvalue weighted by Crippen LogP contribution is -2.24. The monoisotopic (exact) mass is 198 g/mol. The minimum Gasteiger partial charge on any atom is -0.424 e. The highest BCUT2D eigenvalue weighted by molar-refractivity contribution is 8.02. The summed E-state index contributed by atoms with van der Waals surface area (Å²) in [6.07, 6.45) is -4.51. The van der Waals surface area contributed by atoms with Gasteiger partial charge in [0.25, 0.3) is 0 Å². The molecule has 0 unspecified atom stereocenters. The molecule has 0 N–H and O–H groups in total. The molecule has 0 aromatic rings. The Balaban J connectivity index is 2.46. The van der Waals surface area contributed by atoms with Crippen LogP contribution in [0.25, 0.3) is 0 Å². The molecule has 0 spiro atoms. The summed E-state index contributed by atoms with van der Waals surface area (Å²) < 4.78 is 38.8. The van der Waals surface area contributed by atoms with Crippen molar-refractivity contribution in [3.8, 4) is 0 Å². The maximum absolute atomic E-state index is 11.6. The Kier molecular flexibility index (Phi) is 2.66. The molecule has 0 atom stereocenters. The first-order valence-electron chi connectivity index (χ1n) is 3.10. The van der Waals surface area contributed by atoms with E-state index in [1.807, 2.05) is 0 Å². The van der Waals surface area contributed by atoms with E-state index in [2.05, 4.69) is 4.74 Å². The molecular weight excluding hydrogens is 193 g/mol. The first-order chi connectivity index (χ1) is 5.50. The van der Waals surface area contributed by atoms with Crippen LogP contribution in [0.3, 0.4) is 0 Å². The minimum atomic E-state index is -4.89. The minimum absolute atomic E-state index is 0.0994. The maximum atomic E-state index is 11.6. The molecule has 0 aliphatic carbocycles. The molecule has 1 aliphatic rings. The van der Waals surface area contributed by atoms with Crippen LogP contribution in [0.1, 0.15) is 6.42 Å². The van der Waals surface area contributed by atoms with E-state index in [4.69, 9.17) is 0 Å². The molecule has 12 heavy (non-hydrogen) atoms. The first kappa shape index (κ1) is 9.44. The van der Waals surface area contributed by atoms with Crippen molar-refractivity contribution in [2.24, 2.45) is 0 Å². The Morgan fingerprint density at radius 1 is 1.58 bits per heavy atom. The highest BCUT2D eigenvalue weighted by Crippen LogP contribution is 2.25. The van der Waals surface area contributed by atoms with E-state index in [0.29, 0.717) is 12.2 Å². The first-order valence-corrected chi connectivity index (χ1v) is 4.14. The van der Waals surface area contributed by atoms with Gasteiger partial charge in [0.2, 0.25) is 0 Å². The average Bonchev–Trinajstić information content (AvgIpc) is 2.37. The summed E-state index contributed by atoms with van der Waals surface area (Å²) in [5.74, 6) is -1.38. The van der Waals surface area contributed by atoms with Crippen LogP contribution in [-0.4, -0.2) is 17.9 Å². The van der Waals surface area contributed by atoms with Crippen molar-refractivity contribution in [3.05, 3.63) is 11.2 Å². The average molecular weight is 198 g/mol. The molecule has 68 valence electrons. The smallest absolute Gasteiger partial charge is 0.424 e. The van der Waals surface area contributed by atoms with E-state index in [0.717, 1.165) is 0 Å². The van der Waals surface area contributed by atoms with E-state index in [-0.39, 0.29) is 5.76 Å². The lowest BCUT2D eigenvalue weighted by Gasteiger charge is -2.05. The van der Waals surface area contributed by atoms with Gasteiger partial charge in [-0.1, -0.05) is 0 Å². The van der Waals surface area contributed by atoms with Gasteiger partial charge in [0.05, 0.1) is 0 Å². The number of hydrogen-bond acceptors (Lipinski definition) is 3. The zero-order valence-corrected chi connectivity index (χ0v) is 6.67. The highest BCUT2D eigenvalue weighted by atomic mass is 32.2. The third-order valence-corrected chi connectivity index (χ3v) is 2.01. The molecule has 0 fully saturated rings. The van der Waals surface area contributed by atoms with Crippen molar-refractivity contribution in [1.82, 2.24) is 0 Å². The lowest BCUT2D eigenvalue weighted by atomic mass is 10.4. The van der Waals surface area contributed by atoms with Crippen LogP contribution in [0, 0.1) is 0 Å². The molecule has 2 nitrogen and oxygen atoms in total. The van der Waals surface area contributed by atoms with Crippen molar-refractivity contribution in [2.75, 3.05) is 5.75 Å². The summed E-state index contributed by atoms with van der Waals surface area (Å²) in [6, 6.07) is 0. The van der Waals surface area contributed by atoms with Gasteiger partial charge in [0.1, 0.15) is 5.76 Å². The molecular formula is C6H5F3O2S. The van der Waals surface area contributed by atoms with Gasteiger partial charge in [-0.05, 0) is 0 Å². The van der Waals surface area contributed by atoms with E-state index < -0.39 is 12.1 Å². The standard InChI is InChI=1S/C6H5F3O2S/c7-6(8,9)5(10)11-4-1-2-12-3-4/h3H,1-2H2. The fourth-order valence-electron chi connectivity index (χ4n) is 0.622. The SMILES string of the molecule is O=C(OC1=CSCC1)C(F)(F)F. The topological polar surface area (TPSA) is 26.3 Å². The van der Waals surface area contributed by atoms with Gasteiger partial charge >= 0.3 is 12.1 Å². The number of halogens is 3. The molecule has 0 bridgehead atoms. The van der Waals surface area contributed by atoms with Crippen LogP contribution in [0.5, 0.6) is 0 Å². The van der Waals surface area contributed by atoms with Crippen LogP contribution in [0.2, 0.25) is 0 Å². The molecule has 6 heteroatoms. The quantitative estimate of drug-likeness (QED) is 0.603. The molecule has 0 aromatic heterocycles. The molecule has 0 saturated heterocycles. The summed E-state index contributed by atoms with van der Waals surface area (Å²) in [6.45, 7) is 0. The van der Waals surface area contributed by atoms with Crippen LogP contribution in [0.4, 0.5) is 13.2 Å². The summed E-state index contributed by atoms with van der Waals surface area (Å²) in [4.78, 5) is 10.2. The van der Waals surface area contributed by atoms with Crippen LogP contribution >= 0.6 is 11.8 Å². The molecule has 1 aliphatic heterocycles. The summed E-state index contributed by atoms with van der Waals surface area (Å²) >= 11 is 1.33. The number of thioether (sulfide) groups is 1. The van der Waals surface area contributed by atoms with Gasteiger partial charge < -0.3 is 4.74 Å². The summed E-state index contributed by atoms with van der Waals surface area (Å²) in [5, 5.41) is 1.42. The van der Waals surface area contributed by atoms with Crippen molar-refractivity contribution in [1.29, 1.82) is 0 Å². The third-order valence-electron chi connectivity index (χ3n) is 1.14. The van der Waals surface area contributed by atoms with Gasteiger partial charge in [0, 0.05) is 17.6 Å². The molecule has 1 heterocycles. The van der Waals surface area contributed by atoms with E-state index in [9.17, 15) is 18.0 Å². The number of carbonyl (C=O) groups is 1. The molecule has 0 saturated carbocycles. The van der Waals surface area contributed by atoms with Gasteiger partial charge in [0.15, 0.2) is 0 Å². The molecule has 0 radical (unpaired) electrons. The van der Waals surface area contributed by atoms with Gasteiger partial charge in [-0.25, -0.2) is 4.79 Å². The second kappa shape index (κ2) is 3.38. The number of allylic oxidation sites excluding steroid dienone is 1. The number of alkyl halides is 3. The molecule has 0 amide bonds. The predicted molar refractivity (Wildman–Crippen MR) is 37.3 cm³/mol. The van der Waals surface area contributed by atoms with E-state index >= 15 is 0 Å².